The molecule has 0 aromatic rings. The van der Waals surface area contributed by atoms with E-state index < -0.39 is 11.9 Å². The molecular formula is C10H18MgO4. The van der Waals surface area contributed by atoms with Crippen molar-refractivity contribution in [3.63, 3.8) is 0 Å². The molecule has 0 heterocycles. The normalized spacial score (nSPS) is 8.53. The van der Waals surface area contributed by atoms with Crippen LogP contribution in [0.4, 0.5) is 0 Å². The van der Waals surface area contributed by atoms with Gasteiger partial charge in [0.05, 0.1) is 0 Å². The summed E-state index contributed by atoms with van der Waals surface area (Å²) in [5, 5.41) is 19.5. The molecule has 0 saturated heterocycles. The average Bonchev–Trinajstić information content (AvgIpc) is 2.06. The zero-order valence-electron chi connectivity index (χ0n) is 9.75. The third-order valence-corrected chi connectivity index (χ3v) is 1.77. The van der Waals surface area contributed by atoms with Crippen molar-refractivity contribution in [2.24, 2.45) is 5.92 Å². The minimum absolute atomic E-state index is 0. The molecule has 0 aromatic carbocycles. The smallest absolute Gasteiger partial charge is 0.550 e. The molecule has 0 N–H and O–H groups in total. The van der Waals surface area contributed by atoms with Crippen LogP contribution in [0, 0.1) is 5.92 Å². The van der Waals surface area contributed by atoms with Crippen LogP contribution in [-0.2, 0) is 9.59 Å². The molecule has 0 aliphatic carbocycles. The van der Waals surface area contributed by atoms with Crippen LogP contribution < -0.4 is 10.2 Å². The van der Waals surface area contributed by atoms with Gasteiger partial charge in [-0.3, -0.25) is 0 Å². The van der Waals surface area contributed by atoms with E-state index in [9.17, 15) is 19.8 Å². The molecule has 0 atom stereocenters. The summed E-state index contributed by atoms with van der Waals surface area (Å²) in [4.78, 5) is 19.5. The molecule has 0 aliphatic rings. The molecule has 0 bridgehead atoms. The van der Waals surface area contributed by atoms with Crippen molar-refractivity contribution >= 4 is 35.0 Å². The summed E-state index contributed by atoms with van der Waals surface area (Å²) < 4.78 is 0. The number of hydrogen-bond donors (Lipinski definition) is 0. The zero-order chi connectivity index (χ0) is 11.6. The van der Waals surface area contributed by atoms with Gasteiger partial charge in [-0.05, 0) is 25.2 Å². The van der Waals surface area contributed by atoms with E-state index >= 15 is 0 Å². The Morgan fingerprint density at radius 2 is 1.47 bits per heavy atom. The molecule has 0 fully saturated rings. The number of carbonyl (C=O) groups excluding carboxylic acids is 2. The van der Waals surface area contributed by atoms with Crippen LogP contribution in [0.3, 0.4) is 0 Å². The fraction of sp³-hybridized carbons (Fsp3) is 0.800. The number of carboxylic acid groups (broad SMARTS) is 2. The van der Waals surface area contributed by atoms with Gasteiger partial charge in [-0.2, -0.15) is 0 Å². The molecule has 0 rings (SSSR count). The summed E-state index contributed by atoms with van der Waals surface area (Å²) in [6.07, 6.45) is 2.21. The summed E-state index contributed by atoms with van der Waals surface area (Å²) in [5.74, 6) is -2.12. The van der Waals surface area contributed by atoms with Gasteiger partial charge in [0.15, 0.2) is 0 Å². The first-order chi connectivity index (χ1) is 6.49. The van der Waals surface area contributed by atoms with Crippen molar-refractivity contribution < 1.29 is 19.8 Å². The number of carboxylic acids is 2. The standard InChI is InChI=1S/C6H12O2.C4H8O2.Mg/c1-3-5(4-2)6(7)8;1-2-3-4(5)6;/h5H,3-4H2,1-2H3,(H,7,8);2-3H2,1H3,(H,5,6);/q;;+2/p-2. The first-order valence-corrected chi connectivity index (χ1v) is 4.90. The molecular weight excluding hydrogens is 208 g/mol. The number of rotatable bonds is 5. The Bertz CT molecular complexity index is 167. The molecule has 15 heavy (non-hydrogen) atoms. The first-order valence-electron chi connectivity index (χ1n) is 4.90. The van der Waals surface area contributed by atoms with Crippen LogP contribution in [0.5, 0.6) is 0 Å². The van der Waals surface area contributed by atoms with Crippen LogP contribution in [-0.4, -0.2) is 35.0 Å². The molecule has 0 unspecified atom stereocenters. The molecule has 0 amide bonds. The monoisotopic (exact) mass is 226 g/mol. The van der Waals surface area contributed by atoms with E-state index in [2.05, 4.69) is 0 Å². The maximum absolute atomic E-state index is 10.1. The van der Waals surface area contributed by atoms with Gasteiger partial charge < -0.3 is 19.8 Å². The quantitative estimate of drug-likeness (QED) is 0.582. The second-order valence-corrected chi connectivity index (χ2v) is 2.95. The van der Waals surface area contributed by atoms with Crippen LogP contribution >= 0.6 is 0 Å². The summed E-state index contributed by atoms with van der Waals surface area (Å²) >= 11 is 0. The van der Waals surface area contributed by atoms with Gasteiger partial charge in [-0.25, -0.2) is 0 Å². The maximum atomic E-state index is 10.1. The van der Waals surface area contributed by atoms with Crippen molar-refractivity contribution in [3.05, 3.63) is 0 Å². The average molecular weight is 227 g/mol. The van der Waals surface area contributed by atoms with Gasteiger partial charge >= 0.3 is 23.1 Å². The Morgan fingerprint density at radius 1 is 1.07 bits per heavy atom. The third-order valence-electron chi connectivity index (χ3n) is 1.77. The van der Waals surface area contributed by atoms with Crippen molar-refractivity contribution in [1.82, 2.24) is 0 Å². The molecule has 0 aliphatic heterocycles. The molecule has 0 spiro atoms. The largest absolute Gasteiger partial charge is 2.00 e. The van der Waals surface area contributed by atoms with Gasteiger partial charge in [0.25, 0.3) is 0 Å². The van der Waals surface area contributed by atoms with Crippen molar-refractivity contribution in [2.75, 3.05) is 0 Å². The molecule has 4 nitrogen and oxygen atoms in total. The summed E-state index contributed by atoms with van der Waals surface area (Å²) in [6.45, 7) is 5.50. The second-order valence-electron chi connectivity index (χ2n) is 2.95. The number of aliphatic carboxylic acids is 2. The molecule has 5 heteroatoms. The van der Waals surface area contributed by atoms with E-state index in [-0.39, 0.29) is 35.4 Å². The molecule has 0 radical (unpaired) electrons. The van der Waals surface area contributed by atoms with Gasteiger partial charge in [-0.15, -0.1) is 0 Å². The Balaban J connectivity index is -0.000000187. The Hall–Kier alpha value is -0.294. The van der Waals surface area contributed by atoms with E-state index in [1.54, 1.807) is 6.92 Å². The summed E-state index contributed by atoms with van der Waals surface area (Å²) in [7, 11) is 0. The predicted octanol–water partition coefficient (Wildman–Crippen LogP) is -0.672. The van der Waals surface area contributed by atoms with Crippen molar-refractivity contribution in [1.29, 1.82) is 0 Å². The minimum atomic E-state index is -0.961. The summed E-state index contributed by atoms with van der Waals surface area (Å²) in [6, 6.07) is 0. The molecule has 0 saturated carbocycles. The maximum Gasteiger partial charge on any atom is 2.00 e. The fourth-order valence-corrected chi connectivity index (χ4v) is 0.826. The SMILES string of the molecule is CCC(CC)C(=O)[O-].CCCC(=O)[O-].[Mg+2]. The topological polar surface area (TPSA) is 80.3 Å². The van der Waals surface area contributed by atoms with Crippen molar-refractivity contribution in [3.8, 4) is 0 Å². The number of carbonyl (C=O) groups is 2. The van der Waals surface area contributed by atoms with Crippen LogP contribution in [0.25, 0.3) is 0 Å². The second kappa shape index (κ2) is 13.7. The van der Waals surface area contributed by atoms with E-state index in [0.29, 0.717) is 19.3 Å². The van der Waals surface area contributed by atoms with E-state index in [1.807, 2.05) is 13.8 Å². The summed E-state index contributed by atoms with van der Waals surface area (Å²) in [5.41, 5.74) is 0. The Labute approximate surface area is 107 Å². The fourth-order valence-electron chi connectivity index (χ4n) is 0.826. The molecule has 0 aromatic heterocycles. The molecule has 84 valence electrons. The van der Waals surface area contributed by atoms with Crippen LogP contribution in [0.1, 0.15) is 46.5 Å². The van der Waals surface area contributed by atoms with E-state index in [0.717, 1.165) is 0 Å². The van der Waals surface area contributed by atoms with E-state index in [4.69, 9.17) is 0 Å². The minimum Gasteiger partial charge on any atom is -0.550 e. The first kappa shape index (κ1) is 20.2. The Kier molecular flexibility index (Phi) is 18.4. The number of hydrogen-bond acceptors (Lipinski definition) is 4. The van der Waals surface area contributed by atoms with Crippen molar-refractivity contribution in [2.45, 2.75) is 46.5 Å². The van der Waals surface area contributed by atoms with Gasteiger partial charge in [-0.1, -0.05) is 27.2 Å². The zero-order valence-corrected chi connectivity index (χ0v) is 11.2. The van der Waals surface area contributed by atoms with Crippen LogP contribution in [0.15, 0.2) is 0 Å². The van der Waals surface area contributed by atoms with Gasteiger partial charge in [0.2, 0.25) is 0 Å². The van der Waals surface area contributed by atoms with Gasteiger partial charge in [0, 0.05) is 11.9 Å². The van der Waals surface area contributed by atoms with Crippen LogP contribution in [0.2, 0.25) is 0 Å². The predicted molar refractivity (Wildman–Crippen MR) is 54.7 cm³/mol. The third kappa shape index (κ3) is 16.4. The Morgan fingerprint density at radius 3 is 1.47 bits per heavy atom. The van der Waals surface area contributed by atoms with Gasteiger partial charge in [0.1, 0.15) is 0 Å². The van der Waals surface area contributed by atoms with E-state index in [1.165, 1.54) is 0 Å².